The zero-order valence-electron chi connectivity index (χ0n) is 11.0. The predicted molar refractivity (Wildman–Crippen MR) is 69.5 cm³/mol. The molecule has 0 saturated carbocycles. The van der Waals surface area contributed by atoms with Crippen molar-refractivity contribution in [3.63, 3.8) is 0 Å². The topological polar surface area (TPSA) is 52.3 Å². The van der Waals surface area contributed by atoms with E-state index in [4.69, 9.17) is 10.5 Å². The second kappa shape index (κ2) is 6.60. The Bertz CT molecular complexity index is 331. The Morgan fingerprint density at radius 3 is 2.88 bits per heavy atom. The highest BCUT2D eigenvalue weighted by Crippen LogP contribution is 2.28. The molecule has 1 rings (SSSR count). The van der Waals surface area contributed by atoms with Crippen LogP contribution in [0.3, 0.4) is 0 Å². The molecule has 0 amide bonds. The maximum Gasteiger partial charge on any atom is 0.333 e. The largest absolute Gasteiger partial charge is 0.466 e. The Morgan fingerprint density at radius 1 is 1.59 bits per heavy atom. The second-order valence-corrected chi connectivity index (χ2v) is 4.67. The van der Waals surface area contributed by atoms with Crippen LogP contribution in [0, 0.1) is 5.92 Å². The molecular formula is C14H23NO2. The minimum Gasteiger partial charge on any atom is -0.466 e. The number of carbonyl (C=O) groups excluding carboxylic acids is 1. The summed E-state index contributed by atoms with van der Waals surface area (Å²) in [6, 6.07) is 0.127. The third-order valence-corrected chi connectivity index (χ3v) is 3.42. The van der Waals surface area contributed by atoms with E-state index >= 15 is 0 Å². The van der Waals surface area contributed by atoms with Gasteiger partial charge in [0.25, 0.3) is 0 Å². The zero-order chi connectivity index (χ0) is 12.8. The Kier molecular flexibility index (Phi) is 5.42. The molecule has 0 aliphatic heterocycles. The standard InChI is InChI=1S/C14H23NO2/c1-4-6-13(15)12-9-11(14(16)17-3)8-5-7-10(12)2/h7-8,12-13H,4-6,9,15H2,1-3H3. The van der Waals surface area contributed by atoms with Gasteiger partial charge in [-0.25, -0.2) is 4.79 Å². The average Bonchev–Trinajstić information content (AvgIpc) is 2.50. The number of esters is 1. The number of hydrogen-bond acceptors (Lipinski definition) is 3. The smallest absolute Gasteiger partial charge is 0.333 e. The molecule has 1 aliphatic carbocycles. The number of rotatable bonds is 4. The van der Waals surface area contributed by atoms with E-state index < -0.39 is 0 Å². The van der Waals surface area contributed by atoms with Gasteiger partial charge in [-0.1, -0.05) is 31.1 Å². The van der Waals surface area contributed by atoms with Gasteiger partial charge in [0.1, 0.15) is 0 Å². The fraction of sp³-hybridized carbons (Fsp3) is 0.643. The van der Waals surface area contributed by atoms with Crippen LogP contribution < -0.4 is 5.73 Å². The summed E-state index contributed by atoms with van der Waals surface area (Å²) in [6.07, 6.45) is 7.68. The lowest BCUT2D eigenvalue weighted by atomic mass is 9.85. The fourth-order valence-electron chi connectivity index (χ4n) is 2.34. The molecule has 1 aliphatic rings. The molecule has 0 spiro atoms. The molecule has 96 valence electrons. The van der Waals surface area contributed by atoms with E-state index in [1.807, 2.05) is 6.08 Å². The van der Waals surface area contributed by atoms with Crippen molar-refractivity contribution in [2.24, 2.45) is 11.7 Å². The van der Waals surface area contributed by atoms with E-state index in [1.54, 1.807) is 0 Å². The predicted octanol–water partition coefficient (Wildman–Crippen LogP) is 2.57. The summed E-state index contributed by atoms with van der Waals surface area (Å²) in [5, 5.41) is 0. The number of nitrogens with two attached hydrogens (primary N) is 1. The van der Waals surface area contributed by atoms with Gasteiger partial charge in [-0.3, -0.25) is 0 Å². The van der Waals surface area contributed by atoms with E-state index in [9.17, 15) is 4.79 Å². The van der Waals surface area contributed by atoms with Crippen LogP contribution in [0.25, 0.3) is 0 Å². The third-order valence-electron chi connectivity index (χ3n) is 3.42. The highest BCUT2D eigenvalue weighted by Gasteiger charge is 2.24. The lowest BCUT2D eigenvalue weighted by molar-refractivity contribution is -0.136. The number of methoxy groups -OCH3 is 1. The minimum atomic E-state index is -0.221. The summed E-state index contributed by atoms with van der Waals surface area (Å²) in [4.78, 5) is 11.6. The van der Waals surface area contributed by atoms with E-state index in [0.717, 1.165) is 24.8 Å². The summed E-state index contributed by atoms with van der Waals surface area (Å²) >= 11 is 0. The first-order chi connectivity index (χ1) is 8.10. The van der Waals surface area contributed by atoms with Gasteiger partial charge in [0.2, 0.25) is 0 Å². The lowest BCUT2D eigenvalue weighted by Crippen LogP contribution is -2.31. The summed E-state index contributed by atoms with van der Waals surface area (Å²) in [5.41, 5.74) is 8.26. The van der Waals surface area contributed by atoms with Crippen molar-refractivity contribution in [2.45, 2.75) is 45.6 Å². The van der Waals surface area contributed by atoms with Gasteiger partial charge in [-0.15, -0.1) is 0 Å². The second-order valence-electron chi connectivity index (χ2n) is 4.67. The molecule has 0 aromatic carbocycles. The van der Waals surface area contributed by atoms with Crippen molar-refractivity contribution >= 4 is 5.97 Å². The van der Waals surface area contributed by atoms with Crippen molar-refractivity contribution in [3.8, 4) is 0 Å². The van der Waals surface area contributed by atoms with Crippen LogP contribution in [-0.4, -0.2) is 19.1 Å². The maximum atomic E-state index is 11.6. The van der Waals surface area contributed by atoms with Crippen LogP contribution in [0.2, 0.25) is 0 Å². The highest BCUT2D eigenvalue weighted by molar-refractivity contribution is 5.88. The molecule has 2 unspecified atom stereocenters. The summed E-state index contributed by atoms with van der Waals surface area (Å²) in [5.74, 6) is 0.0459. The minimum absolute atomic E-state index is 0.127. The molecule has 0 aromatic rings. The quantitative estimate of drug-likeness (QED) is 0.604. The maximum absolute atomic E-state index is 11.6. The third kappa shape index (κ3) is 3.70. The van der Waals surface area contributed by atoms with Crippen LogP contribution in [0.1, 0.15) is 39.5 Å². The molecule has 3 nitrogen and oxygen atoms in total. The van der Waals surface area contributed by atoms with Crippen molar-refractivity contribution in [2.75, 3.05) is 7.11 Å². The molecular weight excluding hydrogens is 214 g/mol. The van der Waals surface area contributed by atoms with Crippen molar-refractivity contribution in [1.82, 2.24) is 0 Å². The molecule has 2 N–H and O–H groups in total. The Labute approximate surface area is 104 Å². The molecule has 0 saturated heterocycles. The molecule has 2 atom stereocenters. The molecule has 0 fully saturated rings. The average molecular weight is 237 g/mol. The SMILES string of the molecule is CCCC(N)C1CC(C(=O)OC)=CCC=C1C. The Morgan fingerprint density at radius 2 is 2.29 bits per heavy atom. The molecule has 17 heavy (non-hydrogen) atoms. The van der Waals surface area contributed by atoms with Crippen LogP contribution in [0.5, 0.6) is 0 Å². The van der Waals surface area contributed by atoms with Crippen molar-refractivity contribution in [3.05, 3.63) is 23.3 Å². The lowest BCUT2D eigenvalue weighted by Gasteiger charge is -2.24. The van der Waals surface area contributed by atoms with Gasteiger partial charge in [0, 0.05) is 11.6 Å². The van der Waals surface area contributed by atoms with Crippen LogP contribution in [0.15, 0.2) is 23.3 Å². The van der Waals surface area contributed by atoms with Crippen LogP contribution >= 0.6 is 0 Å². The molecule has 0 aromatic heterocycles. The first-order valence-electron chi connectivity index (χ1n) is 6.29. The Balaban J connectivity index is 2.80. The van der Waals surface area contributed by atoms with E-state index in [2.05, 4.69) is 19.9 Å². The van der Waals surface area contributed by atoms with Crippen molar-refractivity contribution in [1.29, 1.82) is 0 Å². The van der Waals surface area contributed by atoms with E-state index in [0.29, 0.717) is 6.42 Å². The number of ether oxygens (including phenoxy) is 1. The van der Waals surface area contributed by atoms with Crippen LogP contribution in [0.4, 0.5) is 0 Å². The monoisotopic (exact) mass is 237 g/mol. The van der Waals surface area contributed by atoms with E-state index in [-0.39, 0.29) is 17.9 Å². The summed E-state index contributed by atoms with van der Waals surface area (Å²) < 4.78 is 4.80. The summed E-state index contributed by atoms with van der Waals surface area (Å²) in [6.45, 7) is 4.24. The number of hydrogen-bond donors (Lipinski definition) is 1. The van der Waals surface area contributed by atoms with Crippen LogP contribution in [-0.2, 0) is 9.53 Å². The van der Waals surface area contributed by atoms with Gasteiger partial charge < -0.3 is 10.5 Å². The molecule has 0 radical (unpaired) electrons. The normalized spacial score (nSPS) is 22.2. The molecule has 0 heterocycles. The molecule has 3 heteroatoms. The highest BCUT2D eigenvalue weighted by atomic mass is 16.5. The van der Waals surface area contributed by atoms with Gasteiger partial charge >= 0.3 is 5.97 Å². The first-order valence-corrected chi connectivity index (χ1v) is 6.29. The molecule has 0 bridgehead atoms. The summed E-state index contributed by atoms with van der Waals surface area (Å²) in [7, 11) is 1.43. The van der Waals surface area contributed by atoms with Gasteiger partial charge in [-0.05, 0) is 32.1 Å². The van der Waals surface area contributed by atoms with Crippen molar-refractivity contribution < 1.29 is 9.53 Å². The van der Waals surface area contributed by atoms with Gasteiger partial charge in [-0.2, -0.15) is 0 Å². The van der Waals surface area contributed by atoms with Gasteiger partial charge in [0.05, 0.1) is 7.11 Å². The number of carbonyl (C=O) groups is 1. The zero-order valence-corrected chi connectivity index (χ0v) is 11.0. The Hall–Kier alpha value is -1.09. The first kappa shape index (κ1) is 14.0. The number of allylic oxidation sites excluding steroid dienone is 2. The van der Waals surface area contributed by atoms with E-state index in [1.165, 1.54) is 12.7 Å². The fourth-order valence-corrected chi connectivity index (χ4v) is 2.34. The van der Waals surface area contributed by atoms with Gasteiger partial charge in [0.15, 0.2) is 0 Å².